The number of benzene rings is 1. The highest BCUT2D eigenvalue weighted by Gasteiger charge is 2.12. The molecule has 1 unspecified atom stereocenters. The smallest absolute Gasteiger partial charge is 0.319 e. The van der Waals surface area contributed by atoms with Crippen molar-refractivity contribution in [2.75, 3.05) is 5.32 Å². The summed E-state index contributed by atoms with van der Waals surface area (Å²) in [6, 6.07) is 11.9. The lowest BCUT2D eigenvalue weighted by Crippen LogP contribution is -2.30. The first-order chi connectivity index (χ1) is 9.58. The second kappa shape index (κ2) is 5.93. The van der Waals surface area contributed by atoms with Gasteiger partial charge in [0.1, 0.15) is 11.5 Å². The predicted molar refractivity (Wildman–Crippen MR) is 75.2 cm³/mol. The number of aryl methyl sites for hydroxylation is 1. The van der Waals surface area contributed by atoms with Crippen molar-refractivity contribution in [2.24, 2.45) is 0 Å². The number of nitriles is 1. The molecule has 2 aromatic rings. The first kappa shape index (κ1) is 13.7. The number of anilines is 1. The number of carbonyl (C=O) groups is 1. The number of carbonyl (C=O) groups excluding carboxylic acids is 1. The Hall–Kier alpha value is -2.74. The zero-order valence-electron chi connectivity index (χ0n) is 11.3. The van der Waals surface area contributed by atoms with Gasteiger partial charge in [-0.2, -0.15) is 5.26 Å². The number of nitrogens with zero attached hydrogens (tertiary/aromatic N) is 1. The van der Waals surface area contributed by atoms with Gasteiger partial charge in [0.25, 0.3) is 0 Å². The van der Waals surface area contributed by atoms with E-state index in [2.05, 4.69) is 10.6 Å². The van der Waals surface area contributed by atoms with Gasteiger partial charge in [0.05, 0.1) is 17.7 Å². The number of hydrogen-bond donors (Lipinski definition) is 2. The normalized spacial score (nSPS) is 11.4. The maximum absolute atomic E-state index is 11.9. The van der Waals surface area contributed by atoms with E-state index >= 15 is 0 Å². The molecule has 0 saturated heterocycles. The molecule has 1 aromatic carbocycles. The SMILES string of the molecule is Cc1ccc(C(C)NC(=O)Nc2cccc(C#N)c2)o1. The van der Waals surface area contributed by atoms with Crippen LogP contribution in [0.5, 0.6) is 0 Å². The molecule has 0 aliphatic carbocycles. The van der Waals surface area contributed by atoms with Crippen molar-refractivity contribution in [1.82, 2.24) is 5.32 Å². The summed E-state index contributed by atoms with van der Waals surface area (Å²) in [6.45, 7) is 3.69. The Bertz CT molecular complexity index is 655. The van der Waals surface area contributed by atoms with Gasteiger partial charge in [0.15, 0.2) is 0 Å². The molecule has 5 heteroatoms. The van der Waals surface area contributed by atoms with E-state index in [1.165, 1.54) is 0 Å². The topological polar surface area (TPSA) is 78.1 Å². The Kier molecular flexibility index (Phi) is 4.06. The van der Waals surface area contributed by atoms with E-state index < -0.39 is 0 Å². The third-order valence-electron chi connectivity index (χ3n) is 2.79. The molecule has 1 heterocycles. The van der Waals surface area contributed by atoms with Crippen LogP contribution in [0.2, 0.25) is 0 Å². The number of hydrogen-bond acceptors (Lipinski definition) is 3. The minimum absolute atomic E-state index is 0.233. The zero-order valence-corrected chi connectivity index (χ0v) is 11.3. The standard InChI is InChI=1S/C15H15N3O2/c1-10-6-7-14(20-10)11(2)17-15(19)18-13-5-3-4-12(8-13)9-16/h3-8,11H,1-2H3,(H2,17,18,19). The average Bonchev–Trinajstić information content (AvgIpc) is 2.85. The van der Waals surface area contributed by atoms with E-state index in [1.807, 2.05) is 32.0 Å². The molecule has 1 aromatic heterocycles. The molecule has 102 valence electrons. The van der Waals surface area contributed by atoms with E-state index in [0.717, 1.165) is 5.76 Å². The molecule has 0 aliphatic rings. The maximum atomic E-state index is 11.9. The quantitative estimate of drug-likeness (QED) is 0.897. The van der Waals surface area contributed by atoms with Crippen LogP contribution in [0.3, 0.4) is 0 Å². The van der Waals surface area contributed by atoms with Gasteiger partial charge in [-0.15, -0.1) is 0 Å². The molecule has 0 saturated carbocycles. The van der Waals surface area contributed by atoms with Gasteiger partial charge in [-0.25, -0.2) is 4.79 Å². The highest BCUT2D eigenvalue weighted by molar-refractivity contribution is 5.89. The van der Waals surface area contributed by atoms with E-state index in [0.29, 0.717) is 17.0 Å². The summed E-state index contributed by atoms with van der Waals surface area (Å²) >= 11 is 0. The largest absolute Gasteiger partial charge is 0.464 e. The minimum Gasteiger partial charge on any atom is -0.464 e. The fourth-order valence-electron chi connectivity index (χ4n) is 1.79. The molecule has 0 aliphatic heterocycles. The number of nitrogens with one attached hydrogen (secondary N) is 2. The summed E-state index contributed by atoms with van der Waals surface area (Å²) in [5.41, 5.74) is 1.07. The van der Waals surface area contributed by atoms with Crippen LogP contribution < -0.4 is 10.6 Å². The van der Waals surface area contributed by atoms with Gasteiger partial charge < -0.3 is 15.1 Å². The molecule has 20 heavy (non-hydrogen) atoms. The third-order valence-corrected chi connectivity index (χ3v) is 2.79. The second-order valence-electron chi connectivity index (χ2n) is 4.46. The van der Waals surface area contributed by atoms with Crippen LogP contribution in [0.1, 0.15) is 30.0 Å². The molecule has 0 fully saturated rings. The van der Waals surface area contributed by atoms with E-state index in [1.54, 1.807) is 24.3 Å². The number of urea groups is 1. The summed E-state index contributed by atoms with van der Waals surface area (Å²) in [6.07, 6.45) is 0. The number of furan rings is 1. The Labute approximate surface area is 117 Å². The average molecular weight is 269 g/mol. The van der Waals surface area contributed by atoms with Gasteiger partial charge >= 0.3 is 6.03 Å². The van der Waals surface area contributed by atoms with Crippen LogP contribution in [0.15, 0.2) is 40.8 Å². The summed E-state index contributed by atoms with van der Waals surface area (Å²) in [4.78, 5) is 11.9. The summed E-state index contributed by atoms with van der Waals surface area (Å²) < 4.78 is 5.45. The molecular formula is C15H15N3O2. The molecule has 0 radical (unpaired) electrons. The Morgan fingerprint density at radius 3 is 2.80 bits per heavy atom. The van der Waals surface area contributed by atoms with Gasteiger partial charge in [-0.1, -0.05) is 6.07 Å². The molecule has 2 N–H and O–H groups in total. The highest BCUT2D eigenvalue weighted by Crippen LogP contribution is 2.16. The van der Waals surface area contributed by atoms with Crippen molar-refractivity contribution in [3.63, 3.8) is 0 Å². The fraction of sp³-hybridized carbons (Fsp3) is 0.200. The van der Waals surface area contributed by atoms with E-state index in [4.69, 9.17) is 9.68 Å². The predicted octanol–water partition coefficient (Wildman–Crippen LogP) is 3.34. The molecular weight excluding hydrogens is 254 g/mol. The van der Waals surface area contributed by atoms with Crippen LogP contribution in [-0.2, 0) is 0 Å². The van der Waals surface area contributed by atoms with Crippen LogP contribution in [0.25, 0.3) is 0 Å². The van der Waals surface area contributed by atoms with Gasteiger partial charge in [0, 0.05) is 5.69 Å². The van der Waals surface area contributed by atoms with Gasteiger partial charge in [-0.05, 0) is 44.2 Å². The van der Waals surface area contributed by atoms with Crippen LogP contribution in [0, 0.1) is 18.3 Å². The van der Waals surface area contributed by atoms with Gasteiger partial charge in [0.2, 0.25) is 0 Å². The van der Waals surface area contributed by atoms with Crippen molar-refractivity contribution in [3.05, 3.63) is 53.5 Å². The highest BCUT2D eigenvalue weighted by atomic mass is 16.3. The molecule has 0 bridgehead atoms. The molecule has 1 atom stereocenters. The number of rotatable bonds is 3. The van der Waals surface area contributed by atoms with E-state index in [9.17, 15) is 4.79 Å². The molecule has 2 amide bonds. The van der Waals surface area contributed by atoms with Crippen LogP contribution in [-0.4, -0.2) is 6.03 Å². The summed E-state index contributed by atoms with van der Waals surface area (Å²) in [5, 5.41) is 14.3. The second-order valence-corrected chi connectivity index (χ2v) is 4.46. The van der Waals surface area contributed by atoms with Crippen molar-refractivity contribution >= 4 is 11.7 Å². The molecule has 0 spiro atoms. The van der Waals surface area contributed by atoms with Crippen molar-refractivity contribution in [2.45, 2.75) is 19.9 Å². The summed E-state index contributed by atoms with van der Waals surface area (Å²) in [5.74, 6) is 1.50. The Balaban J connectivity index is 1.97. The lowest BCUT2D eigenvalue weighted by Gasteiger charge is -2.12. The van der Waals surface area contributed by atoms with Crippen molar-refractivity contribution in [3.8, 4) is 6.07 Å². The lowest BCUT2D eigenvalue weighted by atomic mass is 10.2. The first-order valence-corrected chi connectivity index (χ1v) is 6.22. The van der Waals surface area contributed by atoms with Gasteiger partial charge in [-0.3, -0.25) is 0 Å². The van der Waals surface area contributed by atoms with Crippen LogP contribution in [0.4, 0.5) is 10.5 Å². The molecule has 2 rings (SSSR count). The monoisotopic (exact) mass is 269 g/mol. The minimum atomic E-state index is -0.346. The first-order valence-electron chi connectivity index (χ1n) is 6.22. The number of amides is 2. The van der Waals surface area contributed by atoms with Crippen molar-refractivity contribution in [1.29, 1.82) is 5.26 Å². The lowest BCUT2D eigenvalue weighted by molar-refractivity contribution is 0.247. The zero-order chi connectivity index (χ0) is 14.5. The maximum Gasteiger partial charge on any atom is 0.319 e. The van der Waals surface area contributed by atoms with E-state index in [-0.39, 0.29) is 12.1 Å². The van der Waals surface area contributed by atoms with Crippen molar-refractivity contribution < 1.29 is 9.21 Å². The Morgan fingerprint density at radius 1 is 1.35 bits per heavy atom. The summed E-state index contributed by atoms with van der Waals surface area (Å²) in [7, 11) is 0. The Morgan fingerprint density at radius 2 is 2.15 bits per heavy atom. The third kappa shape index (κ3) is 3.39. The van der Waals surface area contributed by atoms with Crippen LogP contribution >= 0.6 is 0 Å². The fourth-order valence-corrected chi connectivity index (χ4v) is 1.79. The molecule has 5 nitrogen and oxygen atoms in total.